The van der Waals surface area contributed by atoms with Crippen LogP contribution in [0.3, 0.4) is 0 Å². The van der Waals surface area contributed by atoms with E-state index in [4.69, 9.17) is 14.2 Å². The van der Waals surface area contributed by atoms with Crippen LogP contribution in [0, 0.1) is 0 Å². The van der Waals surface area contributed by atoms with Crippen LogP contribution in [0.2, 0.25) is 0 Å². The molecule has 0 amide bonds. The molecule has 0 N–H and O–H groups in total. The number of hydrogen-bond donors (Lipinski definition) is 0. The van der Waals surface area contributed by atoms with Crippen LogP contribution in [0.1, 0.15) is 0 Å². The van der Waals surface area contributed by atoms with E-state index >= 15 is 0 Å². The van der Waals surface area contributed by atoms with E-state index in [1.807, 2.05) is 18.2 Å². The molecular weight excluding hydrogens is 415 g/mol. The maximum absolute atomic E-state index is 5.45. The molecular formula is C21H21InO3. The predicted molar refractivity (Wildman–Crippen MR) is 104 cm³/mol. The van der Waals surface area contributed by atoms with E-state index in [9.17, 15) is 0 Å². The molecule has 3 rings (SSSR count). The molecule has 3 aromatic carbocycles. The van der Waals surface area contributed by atoms with Crippen molar-refractivity contribution in [1.82, 2.24) is 0 Å². The third-order valence-electron chi connectivity index (χ3n) is 4.28. The minimum atomic E-state index is -2.56. The van der Waals surface area contributed by atoms with Crippen molar-refractivity contribution in [3.8, 4) is 17.2 Å². The topological polar surface area (TPSA) is 27.7 Å². The number of methoxy groups -OCH3 is 3. The van der Waals surface area contributed by atoms with Gasteiger partial charge in [0, 0.05) is 0 Å². The number of benzene rings is 3. The van der Waals surface area contributed by atoms with Gasteiger partial charge in [0.15, 0.2) is 0 Å². The maximum atomic E-state index is 5.45. The molecule has 0 fully saturated rings. The van der Waals surface area contributed by atoms with Crippen LogP contribution in [0.4, 0.5) is 0 Å². The van der Waals surface area contributed by atoms with Gasteiger partial charge in [0.1, 0.15) is 0 Å². The molecule has 0 atom stereocenters. The molecule has 25 heavy (non-hydrogen) atoms. The first-order chi connectivity index (χ1) is 12.2. The molecule has 0 aliphatic rings. The van der Waals surface area contributed by atoms with Crippen molar-refractivity contribution in [3.05, 3.63) is 72.8 Å². The van der Waals surface area contributed by atoms with E-state index in [1.165, 1.54) is 9.96 Å². The first-order valence-corrected chi connectivity index (χ1v) is 13.1. The summed E-state index contributed by atoms with van der Waals surface area (Å²) in [5.41, 5.74) is 0. The van der Waals surface area contributed by atoms with Gasteiger partial charge in [-0.15, -0.1) is 0 Å². The Balaban J connectivity index is 2.16. The van der Waals surface area contributed by atoms with E-state index in [1.54, 1.807) is 21.3 Å². The van der Waals surface area contributed by atoms with Crippen LogP contribution in [-0.4, -0.2) is 42.8 Å². The van der Waals surface area contributed by atoms with Gasteiger partial charge >= 0.3 is 157 Å². The molecule has 0 aliphatic heterocycles. The zero-order valence-corrected chi connectivity index (χ0v) is 18.0. The second-order valence-corrected chi connectivity index (χ2v) is 13.9. The predicted octanol–water partition coefficient (Wildman–Crippen LogP) is 2.23. The van der Waals surface area contributed by atoms with Crippen molar-refractivity contribution in [2.45, 2.75) is 0 Å². The summed E-state index contributed by atoms with van der Waals surface area (Å²) in [6.45, 7) is 0. The zero-order chi connectivity index (χ0) is 17.6. The van der Waals surface area contributed by atoms with Gasteiger partial charge in [-0.05, 0) is 0 Å². The second-order valence-electron chi connectivity index (χ2n) is 5.76. The SMILES string of the molecule is COc1ccc[c]([In]([c]2cccc(OC)c2)[c]2cccc(OC)c2)c1. The van der Waals surface area contributed by atoms with Crippen LogP contribution in [-0.2, 0) is 0 Å². The summed E-state index contributed by atoms with van der Waals surface area (Å²) in [5, 5.41) is 0. The Morgan fingerprint density at radius 2 is 0.840 bits per heavy atom. The summed E-state index contributed by atoms with van der Waals surface area (Å²) in [6, 6.07) is 25.3. The third kappa shape index (κ3) is 4.13. The van der Waals surface area contributed by atoms with Gasteiger partial charge in [-0.2, -0.15) is 0 Å². The van der Waals surface area contributed by atoms with Gasteiger partial charge in [-0.25, -0.2) is 0 Å². The van der Waals surface area contributed by atoms with E-state index in [2.05, 4.69) is 54.6 Å². The summed E-state index contributed by atoms with van der Waals surface area (Å²) in [4.78, 5) is 0. The first kappa shape index (κ1) is 17.7. The standard InChI is InChI=1S/3C7H7O.In/c3*1-8-7-5-3-2-4-6-7;/h3*2-3,5-6H,1H3;. The van der Waals surface area contributed by atoms with Crippen molar-refractivity contribution in [2.75, 3.05) is 21.3 Å². The minimum absolute atomic E-state index is 0.894. The molecule has 0 unspecified atom stereocenters. The molecule has 0 heterocycles. The van der Waals surface area contributed by atoms with Crippen molar-refractivity contribution in [2.24, 2.45) is 0 Å². The van der Waals surface area contributed by atoms with Gasteiger partial charge in [-0.1, -0.05) is 0 Å². The van der Waals surface area contributed by atoms with Crippen LogP contribution in [0.5, 0.6) is 17.2 Å². The quantitative estimate of drug-likeness (QED) is 0.594. The molecule has 3 aromatic rings. The summed E-state index contributed by atoms with van der Waals surface area (Å²) < 4.78 is 20.4. The molecule has 0 saturated carbocycles. The molecule has 0 radical (unpaired) electrons. The molecule has 0 aromatic heterocycles. The van der Waals surface area contributed by atoms with Crippen molar-refractivity contribution in [3.63, 3.8) is 0 Å². The van der Waals surface area contributed by atoms with Gasteiger partial charge in [0.05, 0.1) is 0 Å². The van der Waals surface area contributed by atoms with E-state index in [0.717, 1.165) is 17.2 Å². The molecule has 126 valence electrons. The fourth-order valence-electron chi connectivity index (χ4n) is 3.04. The summed E-state index contributed by atoms with van der Waals surface area (Å²) in [7, 11) is 5.13. The summed E-state index contributed by atoms with van der Waals surface area (Å²) in [5.74, 6) is 2.68. The van der Waals surface area contributed by atoms with Gasteiger partial charge in [0.2, 0.25) is 0 Å². The van der Waals surface area contributed by atoms with E-state index < -0.39 is 21.4 Å². The fraction of sp³-hybridized carbons (Fsp3) is 0.143. The number of ether oxygens (including phenoxy) is 3. The Hall–Kier alpha value is -2.07. The Labute approximate surface area is 156 Å². The zero-order valence-electron chi connectivity index (χ0n) is 14.7. The van der Waals surface area contributed by atoms with Crippen LogP contribution in [0.15, 0.2) is 72.8 Å². The van der Waals surface area contributed by atoms with Crippen molar-refractivity contribution in [1.29, 1.82) is 0 Å². The van der Waals surface area contributed by atoms with Crippen LogP contribution < -0.4 is 24.2 Å². The van der Waals surface area contributed by atoms with Gasteiger partial charge in [0.25, 0.3) is 0 Å². The number of hydrogen-bond acceptors (Lipinski definition) is 3. The Morgan fingerprint density at radius 3 is 1.12 bits per heavy atom. The molecule has 0 aliphatic carbocycles. The Kier molecular flexibility index (Phi) is 5.92. The Bertz CT molecular complexity index is 735. The van der Waals surface area contributed by atoms with Crippen molar-refractivity contribution >= 4 is 31.4 Å². The molecule has 0 saturated heterocycles. The second kappa shape index (κ2) is 8.34. The van der Waals surface area contributed by atoms with E-state index in [0.29, 0.717) is 0 Å². The molecule has 0 spiro atoms. The van der Waals surface area contributed by atoms with Crippen molar-refractivity contribution < 1.29 is 14.2 Å². The van der Waals surface area contributed by atoms with Gasteiger partial charge in [-0.3, -0.25) is 0 Å². The fourth-order valence-corrected chi connectivity index (χ4v) is 11.8. The third-order valence-corrected chi connectivity index (χ3v) is 13.1. The Morgan fingerprint density at radius 1 is 0.520 bits per heavy atom. The van der Waals surface area contributed by atoms with Crippen LogP contribution in [0.25, 0.3) is 0 Å². The van der Waals surface area contributed by atoms with E-state index in [-0.39, 0.29) is 0 Å². The normalized spacial score (nSPS) is 10.2. The monoisotopic (exact) mass is 436 g/mol. The molecule has 0 bridgehead atoms. The molecule has 4 heteroatoms. The van der Waals surface area contributed by atoms with Crippen LogP contribution >= 0.6 is 0 Å². The molecule has 3 nitrogen and oxygen atoms in total. The average Bonchev–Trinajstić information content (AvgIpc) is 2.68. The van der Waals surface area contributed by atoms with Gasteiger partial charge < -0.3 is 0 Å². The first-order valence-electron chi connectivity index (χ1n) is 8.17. The summed E-state index contributed by atoms with van der Waals surface area (Å²) >= 11 is -2.56. The summed E-state index contributed by atoms with van der Waals surface area (Å²) in [6.07, 6.45) is 0. The average molecular weight is 436 g/mol. The number of rotatable bonds is 6.